The molecule has 3 rings (SSSR count). The predicted octanol–water partition coefficient (Wildman–Crippen LogP) is 1.78. The van der Waals surface area contributed by atoms with Crippen LogP contribution in [0.4, 0.5) is 14.6 Å². The van der Waals surface area contributed by atoms with Crippen LogP contribution >= 0.6 is 0 Å². The fourth-order valence-electron chi connectivity index (χ4n) is 2.03. The number of nitrogens with one attached hydrogen (secondary N) is 2. The van der Waals surface area contributed by atoms with E-state index >= 15 is 0 Å². The highest BCUT2D eigenvalue weighted by Crippen LogP contribution is 2.22. The molecule has 21 heavy (non-hydrogen) atoms. The first kappa shape index (κ1) is 13.4. The van der Waals surface area contributed by atoms with Crippen molar-refractivity contribution in [1.82, 2.24) is 20.2 Å². The summed E-state index contributed by atoms with van der Waals surface area (Å²) in [6.45, 7) is -0.102. The zero-order chi connectivity index (χ0) is 14.8. The summed E-state index contributed by atoms with van der Waals surface area (Å²) in [6.07, 6.45) is 1.50. The van der Waals surface area contributed by atoms with Crippen molar-refractivity contribution < 1.29 is 13.9 Å². The van der Waals surface area contributed by atoms with Crippen molar-refractivity contribution in [1.29, 1.82) is 0 Å². The first-order chi connectivity index (χ1) is 10.2. The van der Waals surface area contributed by atoms with E-state index in [4.69, 9.17) is 0 Å². The van der Waals surface area contributed by atoms with Crippen LogP contribution in [0.5, 0.6) is 0 Å². The third kappa shape index (κ3) is 2.52. The number of benzene rings is 1. The Kier molecular flexibility index (Phi) is 3.44. The molecule has 108 valence electrons. The summed E-state index contributed by atoms with van der Waals surface area (Å²) in [5.41, 5.74) is 0.154. The van der Waals surface area contributed by atoms with Gasteiger partial charge in [0.2, 0.25) is 0 Å². The van der Waals surface area contributed by atoms with Crippen LogP contribution in [0.3, 0.4) is 0 Å². The smallest absolute Gasteiger partial charge is 0.160 e. The molecular formula is C13H11F2N5O. The number of hydrogen-bond donors (Lipinski definition) is 3. The number of aromatic amines is 1. The zero-order valence-electron chi connectivity index (χ0n) is 10.7. The molecule has 0 spiro atoms. The minimum absolute atomic E-state index is 0.102. The lowest BCUT2D eigenvalue weighted by atomic mass is 10.1. The molecule has 0 aliphatic heterocycles. The highest BCUT2D eigenvalue weighted by molar-refractivity contribution is 5.85. The Balaban J connectivity index is 1.80. The summed E-state index contributed by atoms with van der Waals surface area (Å²) in [4.78, 5) is 7.97. The van der Waals surface area contributed by atoms with Gasteiger partial charge in [0.25, 0.3) is 0 Å². The Hall–Kier alpha value is -2.61. The molecule has 0 saturated carbocycles. The first-order valence-electron chi connectivity index (χ1n) is 6.16. The maximum atomic E-state index is 13.6. The van der Waals surface area contributed by atoms with Gasteiger partial charge < -0.3 is 10.4 Å². The van der Waals surface area contributed by atoms with Crippen molar-refractivity contribution in [3.63, 3.8) is 0 Å². The Labute approximate surface area is 117 Å². The van der Waals surface area contributed by atoms with Crippen molar-refractivity contribution in [3.8, 4) is 0 Å². The van der Waals surface area contributed by atoms with Gasteiger partial charge >= 0.3 is 0 Å². The van der Waals surface area contributed by atoms with Gasteiger partial charge in [0, 0.05) is 6.54 Å². The van der Waals surface area contributed by atoms with Crippen molar-refractivity contribution in [2.45, 2.75) is 6.10 Å². The second-order valence-corrected chi connectivity index (χ2v) is 4.39. The number of fused-ring (bicyclic) bond motifs is 1. The Bertz CT molecular complexity index is 756. The van der Waals surface area contributed by atoms with E-state index in [1.807, 2.05) is 0 Å². The number of aromatic nitrogens is 4. The first-order valence-corrected chi connectivity index (χ1v) is 6.16. The van der Waals surface area contributed by atoms with Gasteiger partial charge in [-0.15, -0.1) is 0 Å². The number of rotatable bonds is 4. The number of anilines is 1. The number of nitrogens with zero attached hydrogens (tertiary/aromatic N) is 3. The topological polar surface area (TPSA) is 86.7 Å². The van der Waals surface area contributed by atoms with Crippen LogP contribution in [0.2, 0.25) is 0 Å². The van der Waals surface area contributed by atoms with Crippen LogP contribution < -0.4 is 5.32 Å². The fraction of sp³-hybridized carbons (Fsp3) is 0.154. The molecule has 0 saturated heterocycles. The largest absolute Gasteiger partial charge is 0.386 e. The summed E-state index contributed by atoms with van der Waals surface area (Å²) in [5, 5.41) is 19.9. The summed E-state index contributed by atoms with van der Waals surface area (Å²) in [7, 11) is 0. The van der Waals surface area contributed by atoms with E-state index in [0.717, 1.165) is 12.1 Å². The second-order valence-electron chi connectivity index (χ2n) is 4.39. The van der Waals surface area contributed by atoms with Crippen molar-refractivity contribution in [2.75, 3.05) is 11.9 Å². The van der Waals surface area contributed by atoms with Crippen LogP contribution in [0, 0.1) is 11.6 Å². The molecule has 0 aliphatic carbocycles. The molecule has 1 unspecified atom stereocenters. The van der Waals surface area contributed by atoms with E-state index in [0.29, 0.717) is 16.9 Å². The SMILES string of the molecule is OC(CNc1ncnc2[nH]ncc12)c1c(F)cccc1F. The minimum Gasteiger partial charge on any atom is -0.386 e. The molecule has 2 heterocycles. The fourth-order valence-corrected chi connectivity index (χ4v) is 2.03. The third-order valence-electron chi connectivity index (χ3n) is 3.04. The quantitative estimate of drug-likeness (QED) is 0.682. The third-order valence-corrected chi connectivity index (χ3v) is 3.04. The van der Waals surface area contributed by atoms with E-state index in [1.165, 1.54) is 18.6 Å². The minimum atomic E-state index is -1.34. The van der Waals surface area contributed by atoms with Gasteiger partial charge in [-0.2, -0.15) is 5.10 Å². The molecule has 1 atom stereocenters. The normalized spacial score (nSPS) is 12.5. The van der Waals surface area contributed by atoms with Gasteiger partial charge in [-0.05, 0) is 12.1 Å². The van der Waals surface area contributed by atoms with Gasteiger partial charge in [-0.25, -0.2) is 18.7 Å². The molecule has 0 fully saturated rings. The number of halogens is 2. The average Bonchev–Trinajstić information content (AvgIpc) is 2.93. The predicted molar refractivity (Wildman–Crippen MR) is 71.5 cm³/mol. The van der Waals surface area contributed by atoms with Crippen molar-refractivity contribution in [3.05, 3.63) is 47.9 Å². The van der Waals surface area contributed by atoms with E-state index in [9.17, 15) is 13.9 Å². The second kappa shape index (κ2) is 5.41. The maximum absolute atomic E-state index is 13.6. The average molecular weight is 291 g/mol. The number of aliphatic hydroxyl groups is 1. The van der Waals surface area contributed by atoms with Crippen LogP contribution in [-0.4, -0.2) is 31.8 Å². The standard InChI is InChI=1S/C13H11F2N5O/c14-8-2-1-3-9(15)11(8)10(21)5-16-12-7-4-19-20-13(7)18-6-17-12/h1-4,6,10,21H,5H2,(H2,16,17,18,19,20). The lowest BCUT2D eigenvalue weighted by molar-refractivity contribution is 0.181. The van der Waals surface area contributed by atoms with Gasteiger partial charge in [-0.1, -0.05) is 6.07 Å². The van der Waals surface area contributed by atoms with Crippen LogP contribution in [0.25, 0.3) is 11.0 Å². The molecule has 0 bridgehead atoms. The highest BCUT2D eigenvalue weighted by atomic mass is 19.1. The van der Waals surface area contributed by atoms with Crippen LogP contribution in [0.15, 0.2) is 30.7 Å². The summed E-state index contributed by atoms with van der Waals surface area (Å²) in [5.74, 6) is -1.16. The molecular weight excluding hydrogens is 280 g/mol. The molecule has 1 aromatic carbocycles. The molecule has 8 heteroatoms. The lowest BCUT2D eigenvalue weighted by Gasteiger charge is -2.14. The molecule has 6 nitrogen and oxygen atoms in total. The maximum Gasteiger partial charge on any atom is 0.160 e. The van der Waals surface area contributed by atoms with E-state index < -0.39 is 17.7 Å². The van der Waals surface area contributed by atoms with E-state index in [-0.39, 0.29) is 12.1 Å². The molecule has 2 aromatic heterocycles. The summed E-state index contributed by atoms with van der Waals surface area (Å²) >= 11 is 0. The van der Waals surface area contributed by atoms with Gasteiger partial charge in [0.15, 0.2) is 5.65 Å². The zero-order valence-corrected chi connectivity index (χ0v) is 10.7. The van der Waals surface area contributed by atoms with Crippen molar-refractivity contribution in [2.24, 2.45) is 0 Å². The molecule has 0 aliphatic rings. The lowest BCUT2D eigenvalue weighted by Crippen LogP contribution is -2.15. The molecule has 3 N–H and O–H groups in total. The number of H-pyrrole nitrogens is 1. The molecule has 0 radical (unpaired) electrons. The Morgan fingerprint density at radius 3 is 2.76 bits per heavy atom. The van der Waals surface area contributed by atoms with Gasteiger partial charge in [0.1, 0.15) is 29.9 Å². The van der Waals surface area contributed by atoms with Gasteiger partial charge in [0.05, 0.1) is 17.1 Å². The number of hydrogen-bond acceptors (Lipinski definition) is 5. The number of aliphatic hydroxyl groups excluding tert-OH is 1. The van der Waals surface area contributed by atoms with Gasteiger partial charge in [-0.3, -0.25) is 5.10 Å². The van der Waals surface area contributed by atoms with E-state index in [2.05, 4.69) is 25.5 Å². The summed E-state index contributed by atoms with van der Waals surface area (Å²) in [6, 6.07) is 3.44. The highest BCUT2D eigenvalue weighted by Gasteiger charge is 2.18. The molecule has 3 aromatic rings. The Morgan fingerprint density at radius 1 is 1.24 bits per heavy atom. The van der Waals surface area contributed by atoms with Crippen LogP contribution in [-0.2, 0) is 0 Å². The van der Waals surface area contributed by atoms with Crippen LogP contribution in [0.1, 0.15) is 11.7 Å². The summed E-state index contributed by atoms with van der Waals surface area (Å²) < 4.78 is 27.1. The van der Waals surface area contributed by atoms with E-state index in [1.54, 1.807) is 0 Å². The van der Waals surface area contributed by atoms with Crippen molar-refractivity contribution >= 4 is 16.9 Å². The Morgan fingerprint density at radius 2 is 2.00 bits per heavy atom. The molecule has 0 amide bonds. The monoisotopic (exact) mass is 291 g/mol.